The molecule has 26 heavy (non-hydrogen) atoms. The van der Waals surface area contributed by atoms with E-state index in [1.54, 1.807) is 22.1 Å². The summed E-state index contributed by atoms with van der Waals surface area (Å²) in [6, 6.07) is 3.64. The van der Waals surface area contributed by atoms with Crippen molar-refractivity contribution in [2.45, 2.75) is 51.8 Å². The van der Waals surface area contributed by atoms with Gasteiger partial charge in [0.05, 0.1) is 18.9 Å². The Hall–Kier alpha value is -1.86. The maximum atomic E-state index is 13.0. The molecule has 0 spiro atoms. The van der Waals surface area contributed by atoms with Crippen LogP contribution in [0, 0.1) is 0 Å². The van der Waals surface area contributed by atoms with E-state index >= 15 is 0 Å². The molecule has 2 heterocycles. The Morgan fingerprint density at radius 2 is 2.08 bits per heavy atom. The summed E-state index contributed by atoms with van der Waals surface area (Å²) in [5.41, 5.74) is -0.481. The van der Waals surface area contributed by atoms with Crippen LogP contribution in [0.1, 0.15) is 39.4 Å². The molecule has 2 amide bonds. The maximum absolute atomic E-state index is 13.0. The van der Waals surface area contributed by atoms with Crippen molar-refractivity contribution in [1.29, 1.82) is 0 Å². The highest BCUT2D eigenvalue weighted by Gasteiger charge is 2.31. The van der Waals surface area contributed by atoms with E-state index in [0.29, 0.717) is 18.8 Å². The average molecular weight is 366 g/mol. The largest absolute Gasteiger partial charge is 0.467 e. The van der Waals surface area contributed by atoms with Gasteiger partial charge < -0.3 is 23.7 Å². The molecule has 0 unspecified atom stereocenters. The number of carbonyl (C=O) groups excluding carboxylic acids is 2. The fourth-order valence-electron chi connectivity index (χ4n) is 3.02. The molecule has 1 aliphatic rings. The summed E-state index contributed by atoms with van der Waals surface area (Å²) in [7, 11) is 1.47. The molecule has 1 fully saturated rings. The highest BCUT2D eigenvalue weighted by atomic mass is 16.5. The molecule has 1 aliphatic heterocycles. The van der Waals surface area contributed by atoms with Crippen LogP contribution in [0.2, 0.25) is 0 Å². The Kier molecular flexibility index (Phi) is 7.23. The second kappa shape index (κ2) is 9.19. The minimum absolute atomic E-state index is 0.000871. The molecule has 0 saturated carbocycles. The number of carbonyl (C=O) groups is 2. The van der Waals surface area contributed by atoms with Crippen LogP contribution < -0.4 is 0 Å². The lowest BCUT2D eigenvalue weighted by molar-refractivity contribution is -0.148. The van der Waals surface area contributed by atoms with E-state index in [9.17, 15) is 9.59 Å². The summed E-state index contributed by atoms with van der Waals surface area (Å²) in [4.78, 5) is 28.7. The van der Waals surface area contributed by atoms with E-state index in [1.807, 2.05) is 26.8 Å². The van der Waals surface area contributed by atoms with Crippen molar-refractivity contribution >= 4 is 11.8 Å². The molecule has 1 aromatic heterocycles. The van der Waals surface area contributed by atoms with Gasteiger partial charge in [0.1, 0.15) is 18.9 Å². The van der Waals surface area contributed by atoms with Crippen molar-refractivity contribution in [3.05, 3.63) is 24.2 Å². The van der Waals surface area contributed by atoms with Crippen molar-refractivity contribution in [3.63, 3.8) is 0 Å². The lowest BCUT2D eigenvalue weighted by Crippen LogP contribution is -2.52. The van der Waals surface area contributed by atoms with Gasteiger partial charge in [0.15, 0.2) is 0 Å². The van der Waals surface area contributed by atoms with Gasteiger partial charge in [0.25, 0.3) is 0 Å². The van der Waals surface area contributed by atoms with Crippen LogP contribution in [0.4, 0.5) is 0 Å². The highest BCUT2D eigenvalue weighted by Crippen LogP contribution is 2.18. The molecule has 0 bridgehead atoms. The molecule has 0 radical (unpaired) electrons. The van der Waals surface area contributed by atoms with E-state index in [2.05, 4.69) is 0 Å². The minimum Gasteiger partial charge on any atom is -0.467 e. The van der Waals surface area contributed by atoms with Crippen molar-refractivity contribution in [1.82, 2.24) is 9.80 Å². The number of methoxy groups -OCH3 is 1. The number of hydrogen-bond donors (Lipinski definition) is 0. The van der Waals surface area contributed by atoms with E-state index in [0.717, 1.165) is 19.4 Å². The standard InChI is InChI=1S/C19H30N2O5/c1-19(2,3)21(18(23)14-24-4)13-17(22)20(11-15-7-5-9-25-15)12-16-8-6-10-26-16/h5,7,9,16H,6,8,10-14H2,1-4H3/t16-/m0/s1. The molecule has 146 valence electrons. The Morgan fingerprint density at radius 3 is 2.62 bits per heavy atom. The van der Waals surface area contributed by atoms with Gasteiger partial charge in [0, 0.05) is 25.8 Å². The van der Waals surface area contributed by atoms with Crippen LogP contribution in [0.15, 0.2) is 22.8 Å². The minimum atomic E-state index is -0.481. The topological polar surface area (TPSA) is 72.2 Å². The highest BCUT2D eigenvalue weighted by molar-refractivity contribution is 5.86. The number of amides is 2. The normalized spacial score (nSPS) is 17.3. The van der Waals surface area contributed by atoms with Gasteiger partial charge in [-0.3, -0.25) is 9.59 Å². The predicted molar refractivity (Wildman–Crippen MR) is 96.4 cm³/mol. The third kappa shape index (κ3) is 5.85. The Balaban J connectivity index is 2.10. The van der Waals surface area contributed by atoms with E-state index in [-0.39, 0.29) is 31.1 Å². The molecule has 0 aromatic carbocycles. The SMILES string of the molecule is COCC(=O)N(CC(=O)N(Cc1ccco1)C[C@@H]1CCCO1)C(C)(C)C. The summed E-state index contributed by atoms with van der Waals surface area (Å²) >= 11 is 0. The van der Waals surface area contributed by atoms with Gasteiger partial charge in [0.2, 0.25) is 11.8 Å². The van der Waals surface area contributed by atoms with Gasteiger partial charge in [-0.1, -0.05) is 0 Å². The lowest BCUT2D eigenvalue weighted by Gasteiger charge is -2.36. The molecule has 0 aliphatic carbocycles. The van der Waals surface area contributed by atoms with Crippen LogP contribution in [0.3, 0.4) is 0 Å². The first-order valence-electron chi connectivity index (χ1n) is 9.02. The number of furan rings is 1. The number of ether oxygens (including phenoxy) is 2. The van der Waals surface area contributed by atoms with E-state index in [1.165, 1.54) is 7.11 Å². The molecule has 7 nitrogen and oxygen atoms in total. The van der Waals surface area contributed by atoms with E-state index in [4.69, 9.17) is 13.9 Å². The number of nitrogens with zero attached hydrogens (tertiary/aromatic N) is 2. The monoisotopic (exact) mass is 366 g/mol. The van der Waals surface area contributed by atoms with E-state index < -0.39 is 5.54 Å². The molecule has 1 atom stereocenters. The van der Waals surface area contributed by atoms with Crippen LogP contribution in [-0.4, -0.2) is 66.7 Å². The first-order chi connectivity index (χ1) is 12.3. The average Bonchev–Trinajstić information content (AvgIpc) is 3.24. The molecule has 0 N–H and O–H groups in total. The van der Waals surface area contributed by atoms with Gasteiger partial charge in [-0.05, 0) is 45.7 Å². The Labute approximate surface area is 155 Å². The summed E-state index contributed by atoms with van der Waals surface area (Å²) in [6.45, 7) is 7.26. The summed E-state index contributed by atoms with van der Waals surface area (Å²) in [5, 5.41) is 0. The quantitative estimate of drug-likeness (QED) is 0.704. The van der Waals surface area contributed by atoms with Gasteiger partial charge in [-0.25, -0.2) is 0 Å². The Morgan fingerprint density at radius 1 is 1.31 bits per heavy atom. The van der Waals surface area contributed by atoms with Gasteiger partial charge in [-0.2, -0.15) is 0 Å². The summed E-state index contributed by atoms with van der Waals surface area (Å²) < 4.78 is 16.1. The van der Waals surface area contributed by atoms with Crippen molar-refractivity contribution < 1.29 is 23.5 Å². The smallest absolute Gasteiger partial charge is 0.249 e. The number of hydrogen-bond acceptors (Lipinski definition) is 5. The van der Waals surface area contributed by atoms with Crippen LogP contribution in [0.25, 0.3) is 0 Å². The second-order valence-corrected chi connectivity index (χ2v) is 7.57. The van der Waals surface area contributed by atoms with Crippen molar-refractivity contribution in [3.8, 4) is 0 Å². The third-order valence-electron chi connectivity index (χ3n) is 4.40. The zero-order valence-corrected chi connectivity index (χ0v) is 16.2. The molecule has 1 aromatic rings. The summed E-state index contributed by atoms with van der Waals surface area (Å²) in [6.07, 6.45) is 3.57. The lowest BCUT2D eigenvalue weighted by atomic mass is 10.1. The maximum Gasteiger partial charge on any atom is 0.249 e. The van der Waals surface area contributed by atoms with Crippen LogP contribution in [-0.2, 0) is 25.6 Å². The van der Waals surface area contributed by atoms with Crippen molar-refractivity contribution in [2.75, 3.05) is 33.4 Å². The first kappa shape index (κ1) is 20.5. The fourth-order valence-corrected chi connectivity index (χ4v) is 3.02. The molecular formula is C19H30N2O5. The predicted octanol–water partition coefficient (Wildman–Crippen LogP) is 2.06. The van der Waals surface area contributed by atoms with Gasteiger partial charge in [-0.15, -0.1) is 0 Å². The second-order valence-electron chi connectivity index (χ2n) is 7.57. The molecule has 2 rings (SSSR count). The van der Waals surface area contributed by atoms with Crippen LogP contribution in [0.5, 0.6) is 0 Å². The Bertz CT molecular complexity index is 573. The third-order valence-corrected chi connectivity index (χ3v) is 4.40. The molecule has 1 saturated heterocycles. The van der Waals surface area contributed by atoms with Gasteiger partial charge >= 0.3 is 0 Å². The zero-order chi connectivity index (χ0) is 19.2. The molecule has 7 heteroatoms. The van der Waals surface area contributed by atoms with Crippen LogP contribution >= 0.6 is 0 Å². The fraction of sp³-hybridized carbons (Fsp3) is 0.684. The molecular weight excluding hydrogens is 336 g/mol. The van der Waals surface area contributed by atoms with Crippen molar-refractivity contribution in [2.24, 2.45) is 0 Å². The summed E-state index contributed by atoms with van der Waals surface area (Å²) in [5.74, 6) is 0.376. The number of rotatable bonds is 8. The first-order valence-corrected chi connectivity index (χ1v) is 9.02. The zero-order valence-electron chi connectivity index (χ0n) is 16.2.